The summed E-state index contributed by atoms with van der Waals surface area (Å²) in [6, 6.07) is 3.86. The fourth-order valence-corrected chi connectivity index (χ4v) is 4.53. The molecular weight excluding hydrogens is 286 g/mol. The van der Waals surface area contributed by atoms with Crippen molar-refractivity contribution in [1.29, 1.82) is 0 Å². The number of carbonyl (C=O) groups excluding carboxylic acids is 1. The molecule has 114 valence electrons. The monoisotopic (exact) mass is 307 g/mol. The Labute approximate surface area is 128 Å². The highest BCUT2D eigenvalue weighted by Crippen LogP contribution is 2.51. The van der Waals surface area contributed by atoms with E-state index in [0.717, 1.165) is 41.9 Å². The molecular formula is C16H21NO3S. The number of amides is 1. The van der Waals surface area contributed by atoms with Crippen LogP contribution in [0, 0.1) is 18.3 Å². The largest absolute Gasteiger partial charge is 0.481 e. The second-order valence-electron chi connectivity index (χ2n) is 6.29. The van der Waals surface area contributed by atoms with Crippen LogP contribution in [0.4, 0.5) is 0 Å². The van der Waals surface area contributed by atoms with Crippen LogP contribution < -0.4 is 0 Å². The zero-order chi connectivity index (χ0) is 15.0. The van der Waals surface area contributed by atoms with Gasteiger partial charge in [-0.3, -0.25) is 9.59 Å². The molecule has 1 aromatic heterocycles. The Balaban J connectivity index is 1.63. The maximum absolute atomic E-state index is 12.4. The first-order valence-corrected chi connectivity index (χ1v) is 8.44. The second-order valence-corrected chi connectivity index (χ2v) is 7.58. The minimum absolute atomic E-state index is 0.101. The molecule has 0 atom stereocenters. The normalized spacial score (nSPS) is 21.9. The maximum Gasteiger partial charge on any atom is 0.309 e. The Morgan fingerprint density at radius 1 is 1.29 bits per heavy atom. The summed E-state index contributed by atoms with van der Waals surface area (Å²) in [7, 11) is 0. The van der Waals surface area contributed by atoms with E-state index < -0.39 is 11.4 Å². The predicted molar refractivity (Wildman–Crippen MR) is 81.6 cm³/mol. The first kappa shape index (κ1) is 14.6. The molecule has 1 amide bonds. The van der Waals surface area contributed by atoms with Crippen molar-refractivity contribution >= 4 is 23.2 Å². The number of carbonyl (C=O) groups is 2. The molecule has 0 radical (unpaired) electrons. The number of nitrogens with zero attached hydrogens (tertiary/aromatic N) is 1. The predicted octanol–water partition coefficient (Wildman–Crippen LogP) is 3.16. The average Bonchev–Trinajstić information content (AvgIpc) is 2.84. The molecule has 0 unspecified atom stereocenters. The Morgan fingerprint density at radius 3 is 2.38 bits per heavy atom. The zero-order valence-corrected chi connectivity index (χ0v) is 13.1. The van der Waals surface area contributed by atoms with Gasteiger partial charge < -0.3 is 10.0 Å². The Kier molecular flexibility index (Phi) is 3.78. The van der Waals surface area contributed by atoms with E-state index in [-0.39, 0.29) is 11.8 Å². The van der Waals surface area contributed by atoms with E-state index in [1.54, 1.807) is 0 Å². The third kappa shape index (κ3) is 2.48. The van der Waals surface area contributed by atoms with Crippen molar-refractivity contribution < 1.29 is 14.7 Å². The summed E-state index contributed by atoms with van der Waals surface area (Å²) in [6.45, 7) is 3.38. The van der Waals surface area contributed by atoms with Crippen LogP contribution in [0.25, 0.3) is 0 Å². The molecule has 1 N–H and O–H groups in total. The number of carboxylic acids is 1. The van der Waals surface area contributed by atoms with Crippen LogP contribution >= 0.6 is 11.3 Å². The summed E-state index contributed by atoms with van der Waals surface area (Å²) in [5.41, 5.74) is -0.491. The lowest BCUT2D eigenvalue weighted by molar-refractivity contribution is -0.161. The molecule has 1 aliphatic carbocycles. The lowest BCUT2D eigenvalue weighted by Crippen LogP contribution is -2.49. The summed E-state index contributed by atoms with van der Waals surface area (Å²) in [4.78, 5) is 27.8. The smallest absolute Gasteiger partial charge is 0.309 e. The molecule has 1 saturated heterocycles. The van der Waals surface area contributed by atoms with E-state index in [1.165, 1.54) is 11.3 Å². The molecule has 4 nitrogen and oxygen atoms in total. The molecule has 2 fully saturated rings. The summed E-state index contributed by atoms with van der Waals surface area (Å²) < 4.78 is 0. The number of piperidine rings is 1. The van der Waals surface area contributed by atoms with Gasteiger partial charge in [0.2, 0.25) is 0 Å². The summed E-state index contributed by atoms with van der Waals surface area (Å²) >= 11 is 1.53. The van der Waals surface area contributed by atoms with Crippen LogP contribution in [-0.4, -0.2) is 35.0 Å². The molecule has 1 saturated carbocycles. The molecule has 5 heteroatoms. The fourth-order valence-electron chi connectivity index (χ4n) is 3.69. The third-order valence-corrected chi connectivity index (χ3v) is 6.18. The van der Waals surface area contributed by atoms with E-state index in [9.17, 15) is 14.7 Å². The SMILES string of the molecule is Cc1ccc(C(=O)N2CCC(C3(C(=O)O)CCC3)CC2)s1. The summed E-state index contributed by atoms with van der Waals surface area (Å²) in [5.74, 6) is -0.296. The van der Waals surface area contributed by atoms with Crippen molar-refractivity contribution in [3.63, 3.8) is 0 Å². The van der Waals surface area contributed by atoms with Gasteiger partial charge in [0.1, 0.15) is 0 Å². The van der Waals surface area contributed by atoms with Gasteiger partial charge in [-0.05, 0) is 50.7 Å². The van der Waals surface area contributed by atoms with Gasteiger partial charge in [-0.25, -0.2) is 0 Å². The van der Waals surface area contributed by atoms with Crippen molar-refractivity contribution in [2.75, 3.05) is 13.1 Å². The summed E-state index contributed by atoms with van der Waals surface area (Å²) in [5, 5.41) is 9.51. The highest BCUT2D eigenvalue weighted by molar-refractivity contribution is 7.13. The van der Waals surface area contributed by atoms with Crippen LogP contribution in [-0.2, 0) is 4.79 Å². The minimum atomic E-state index is -0.632. The van der Waals surface area contributed by atoms with Crippen LogP contribution in [0.5, 0.6) is 0 Å². The van der Waals surface area contributed by atoms with Crippen molar-refractivity contribution in [2.24, 2.45) is 11.3 Å². The Bertz CT molecular complexity index is 554. The number of thiophene rings is 1. The van der Waals surface area contributed by atoms with Crippen molar-refractivity contribution in [1.82, 2.24) is 4.90 Å². The number of aliphatic carboxylic acids is 1. The highest BCUT2D eigenvalue weighted by atomic mass is 32.1. The number of aryl methyl sites for hydroxylation is 1. The van der Waals surface area contributed by atoms with E-state index in [0.29, 0.717) is 13.1 Å². The van der Waals surface area contributed by atoms with Crippen molar-refractivity contribution in [3.8, 4) is 0 Å². The molecule has 0 bridgehead atoms. The molecule has 1 aliphatic heterocycles. The van der Waals surface area contributed by atoms with Crippen LogP contribution in [0.15, 0.2) is 12.1 Å². The van der Waals surface area contributed by atoms with E-state index in [4.69, 9.17) is 0 Å². The van der Waals surface area contributed by atoms with Gasteiger partial charge in [-0.1, -0.05) is 6.42 Å². The third-order valence-electron chi connectivity index (χ3n) is 5.19. The highest BCUT2D eigenvalue weighted by Gasteiger charge is 2.51. The molecule has 2 aliphatic rings. The number of hydrogen-bond acceptors (Lipinski definition) is 3. The van der Waals surface area contributed by atoms with E-state index >= 15 is 0 Å². The standard InChI is InChI=1S/C16H21NO3S/c1-11-3-4-13(21-11)14(18)17-9-5-12(6-10-17)16(15(19)20)7-2-8-16/h3-4,12H,2,5-10H2,1H3,(H,19,20). The van der Waals surface area contributed by atoms with E-state index in [1.807, 2.05) is 24.0 Å². The first-order chi connectivity index (χ1) is 10.0. The van der Waals surface area contributed by atoms with Gasteiger partial charge in [0.15, 0.2) is 0 Å². The number of carboxylic acid groups (broad SMARTS) is 1. The lowest BCUT2D eigenvalue weighted by atomic mass is 9.58. The number of rotatable bonds is 3. The average molecular weight is 307 g/mol. The summed E-state index contributed by atoms with van der Waals surface area (Å²) in [6.07, 6.45) is 4.29. The Morgan fingerprint density at radius 2 is 1.95 bits per heavy atom. The van der Waals surface area contributed by atoms with Crippen LogP contribution in [0.2, 0.25) is 0 Å². The molecule has 2 heterocycles. The molecule has 1 aromatic rings. The Hall–Kier alpha value is -1.36. The van der Waals surface area contributed by atoms with Gasteiger partial charge in [-0.15, -0.1) is 11.3 Å². The van der Waals surface area contributed by atoms with Gasteiger partial charge in [-0.2, -0.15) is 0 Å². The van der Waals surface area contributed by atoms with Gasteiger partial charge in [0.05, 0.1) is 10.3 Å². The van der Waals surface area contributed by atoms with Gasteiger partial charge in [0.25, 0.3) is 5.91 Å². The quantitative estimate of drug-likeness (QED) is 0.933. The topological polar surface area (TPSA) is 57.6 Å². The second kappa shape index (κ2) is 5.44. The van der Waals surface area contributed by atoms with Crippen molar-refractivity contribution in [3.05, 3.63) is 21.9 Å². The fraction of sp³-hybridized carbons (Fsp3) is 0.625. The van der Waals surface area contributed by atoms with E-state index in [2.05, 4.69) is 0 Å². The lowest BCUT2D eigenvalue weighted by Gasteiger charge is -2.47. The number of hydrogen-bond donors (Lipinski definition) is 1. The maximum atomic E-state index is 12.4. The molecule has 0 aromatic carbocycles. The first-order valence-electron chi connectivity index (χ1n) is 7.62. The van der Waals surface area contributed by atoms with Crippen molar-refractivity contribution in [2.45, 2.75) is 39.0 Å². The molecule has 0 spiro atoms. The zero-order valence-electron chi connectivity index (χ0n) is 12.3. The molecule has 21 heavy (non-hydrogen) atoms. The minimum Gasteiger partial charge on any atom is -0.481 e. The van der Waals surface area contributed by atoms with Gasteiger partial charge >= 0.3 is 5.97 Å². The number of likely N-dealkylation sites (tertiary alicyclic amines) is 1. The molecule has 3 rings (SSSR count). The van der Waals surface area contributed by atoms with Crippen LogP contribution in [0.3, 0.4) is 0 Å². The van der Waals surface area contributed by atoms with Gasteiger partial charge in [0, 0.05) is 18.0 Å². The van der Waals surface area contributed by atoms with Crippen LogP contribution in [0.1, 0.15) is 46.7 Å².